The van der Waals surface area contributed by atoms with E-state index in [2.05, 4.69) is 0 Å². The average molecular weight is 313 g/mol. The zero-order chi connectivity index (χ0) is 15.9. The summed E-state index contributed by atoms with van der Waals surface area (Å²) in [5.41, 5.74) is 2.16. The van der Waals surface area contributed by atoms with Crippen LogP contribution in [0.25, 0.3) is 0 Å². The van der Waals surface area contributed by atoms with E-state index >= 15 is 0 Å². The Hall–Kier alpha value is -2.53. The predicted molar refractivity (Wildman–Crippen MR) is 90.0 cm³/mol. The van der Waals surface area contributed by atoms with Crippen molar-refractivity contribution in [2.45, 2.75) is 6.92 Å². The van der Waals surface area contributed by atoms with Crippen LogP contribution < -0.4 is 4.90 Å². The van der Waals surface area contributed by atoms with Crippen molar-refractivity contribution >= 4 is 41.3 Å². The zero-order valence-corrected chi connectivity index (χ0v) is 12.9. The van der Waals surface area contributed by atoms with E-state index in [1.54, 1.807) is 17.0 Å². The largest absolute Gasteiger partial charge is 0.471 e. The van der Waals surface area contributed by atoms with Crippen molar-refractivity contribution in [3.63, 3.8) is 0 Å². The van der Waals surface area contributed by atoms with E-state index < -0.39 is 0 Å². The lowest BCUT2D eigenvalue weighted by Crippen LogP contribution is -2.27. The Morgan fingerprint density at radius 2 is 1.86 bits per heavy atom. The second-order valence-electron chi connectivity index (χ2n) is 4.42. The van der Waals surface area contributed by atoms with Crippen LogP contribution in [0.5, 0.6) is 0 Å². The molecule has 0 aromatic heterocycles. The number of benzene rings is 2. The standard InChI is InChI=1S/C17H15NO3S/c1-2-21-17(22)18(15-6-4-3-5-7-15)16-9-8-13(11-19)10-14(16)12-20/h3-12H,2H2,1H3. The van der Waals surface area contributed by atoms with E-state index in [-0.39, 0.29) is 5.17 Å². The van der Waals surface area contributed by atoms with Gasteiger partial charge in [-0.1, -0.05) is 18.2 Å². The summed E-state index contributed by atoms with van der Waals surface area (Å²) in [5.74, 6) is 0. The van der Waals surface area contributed by atoms with Gasteiger partial charge in [0.15, 0.2) is 6.29 Å². The molecule has 5 heteroatoms. The van der Waals surface area contributed by atoms with Crippen molar-refractivity contribution in [2.75, 3.05) is 11.5 Å². The van der Waals surface area contributed by atoms with E-state index in [1.807, 2.05) is 37.3 Å². The van der Waals surface area contributed by atoms with Crippen LogP contribution in [-0.2, 0) is 4.74 Å². The fourth-order valence-electron chi connectivity index (χ4n) is 2.05. The zero-order valence-electron chi connectivity index (χ0n) is 12.1. The molecular weight excluding hydrogens is 298 g/mol. The molecule has 0 aliphatic heterocycles. The molecule has 22 heavy (non-hydrogen) atoms. The first-order valence-corrected chi connectivity index (χ1v) is 7.18. The van der Waals surface area contributed by atoms with E-state index in [0.717, 1.165) is 5.69 Å². The van der Waals surface area contributed by atoms with Crippen molar-refractivity contribution in [2.24, 2.45) is 0 Å². The molecule has 112 valence electrons. The Balaban J connectivity index is 2.56. The second-order valence-corrected chi connectivity index (χ2v) is 4.77. The highest BCUT2D eigenvalue weighted by atomic mass is 32.1. The van der Waals surface area contributed by atoms with Gasteiger partial charge >= 0.3 is 0 Å². The summed E-state index contributed by atoms with van der Waals surface area (Å²) in [7, 11) is 0. The van der Waals surface area contributed by atoms with Crippen molar-refractivity contribution in [3.05, 3.63) is 59.7 Å². The number of nitrogens with zero attached hydrogens (tertiary/aromatic N) is 1. The minimum absolute atomic E-state index is 0.246. The van der Waals surface area contributed by atoms with Gasteiger partial charge in [0.05, 0.1) is 12.3 Å². The minimum Gasteiger partial charge on any atom is -0.471 e. The number of para-hydroxylation sites is 1. The molecule has 2 aromatic rings. The van der Waals surface area contributed by atoms with Crippen LogP contribution in [0.2, 0.25) is 0 Å². The Morgan fingerprint density at radius 1 is 1.14 bits per heavy atom. The van der Waals surface area contributed by atoms with Gasteiger partial charge in [-0.15, -0.1) is 0 Å². The molecule has 0 bridgehead atoms. The van der Waals surface area contributed by atoms with Crippen LogP contribution in [-0.4, -0.2) is 24.4 Å². The maximum absolute atomic E-state index is 11.4. The number of ether oxygens (including phenoxy) is 1. The first kappa shape index (κ1) is 15.9. The van der Waals surface area contributed by atoms with Gasteiger partial charge in [0.2, 0.25) is 0 Å². The quantitative estimate of drug-likeness (QED) is 0.621. The summed E-state index contributed by atoms with van der Waals surface area (Å²) in [6.07, 6.45) is 1.40. The lowest BCUT2D eigenvalue weighted by atomic mass is 10.1. The predicted octanol–water partition coefficient (Wildman–Crippen LogP) is 3.77. The molecule has 0 aliphatic rings. The Labute approximate surface area is 134 Å². The molecule has 0 radical (unpaired) electrons. The van der Waals surface area contributed by atoms with Crippen LogP contribution in [0.15, 0.2) is 48.5 Å². The number of rotatable bonds is 5. The Bertz CT molecular complexity index is 686. The van der Waals surface area contributed by atoms with Crippen molar-refractivity contribution in [1.82, 2.24) is 0 Å². The third-order valence-electron chi connectivity index (χ3n) is 3.02. The van der Waals surface area contributed by atoms with Crippen LogP contribution in [0, 0.1) is 0 Å². The smallest absolute Gasteiger partial charge is 0.268 e. The molecule has 0 saturated carbocycles. The third-order valence-corrected chi connectivity index (χ3v) is 3.32. The highest BCUT2D eigenvalue weighted by Gasteiger charge is 2.19. The molecule has 0 saturated heterocycles. The maximum Gasteiger partial charge on any atom is 0.268 e. The fraction of sp³-hybridized carbons (Fsp3) is 0.118. The van der Waals surface area contributed by atoms with Crippen molar-refractivity contribution < 1.29 is 14.3 Å². The topological polar surface area (TPSA) is 46.6 Å². The van der Waals surface area contributed by atoms with Gasteiger partial charge in [0, 0.05) is 16.8 Å². The normalized spacial score (nSPS) is 9.86. The number of anilines is 2. The van der Waals surface area contributed by atoms with Crippen molar-refractivity contribution in [1.29, 1.82) is 0 Å². The monoisotopic (exact) mass is 313 g/mol. The van der Waals surface area contributed by atoms with Crippen LogP contribution in [0.4, 0.5) is 11.4 Å². The van der Waals surface area contributed by atoms with Gasteiger partial charge in [0.1, 0.15) is 6.29 Å². The number of thiocarbonyl (C=S) groups is 1. The maximum atomic E-state index is 11.4. The lowest BCUT2D eigenvalue weighted by molar-refractivity contribution is 0.112. The van der Waals surface area contributed by atoms with Crippen LogP contribution in [0.1, 0.15) is 27.6 Å². The summed E-state index contributed by atoms with van der Waals surface area (Å²) >= 11 is 5.33. The highest BCUT2D eigenvalue weighted by Crippen LogP contribution is 2.29. The molecule has 0 unspecified atom stereocenters. The van der Waals surface area contributed by atoms with Gasteiger partial charge in [-0.3, -0.25) is 14.5 Å². The average Bonchev–Trinajstić information content (AvgIpc) is 2.56. The van der Waals surface area contributed by atoms with Gasteiger partial charge in [0.25, 0.3) is 5.17 Å². The first-order chi connectivity index (χ1) is 10.7. The number of aldehydes is 2. The molecule has 0 amide bonds. The van der Waals surface area contributed by atoms with E-state index in [4.69, 9.17) is 17.0 Å². The number of hydrogen-bond donors (Lipinski definition) is 0. The summed E-state index contributed by atoms with van der Waals surface area (Å²) < 4.78 is 5.44. The van der Waals surface area contributed by atoms with Crippen LogP contribution >= 0.6 is 12.2 Å². The summed E-state index contributed by atoms with van der Waals surface area (Å²) in [6.45, 7) is 2.26. The van der Waals surface area contributed by atoms with Gasteiger partial charge in [-0.25, -0.2) is 0 Å². The van der Waals surface area contributed by atoms with Gasteiger partial charge in [-0.2, -0.15) is 0 Å². The molecule has 0 fully saturated rings. The van der Waals surface area contributed by atoms with E-state index in [9.17, 15) is 9.59 Å². The third kappa shape index (κ3) is 3.38. The Kier molecular flexibility index (Phi) is 5.38. The molecule has 0 atom stereocenters. The summed E-state index contributed by atoms with van der Waals surface area (Å²) in [4.78, 5) is 23.9. The molecule has 0 aliphatic carbocycles. The number of carbonyl (C=O) groups excluding carboxylic acids is 2. The van der Waals surface area contributed by atoms with E-state index in [1.165, 1.54) is 6.07 Å². The van der Waals surface area contributed by atoms with Gasteiger partial charge in [-0.05, 0) is 49.5 Å². The number of hydrogen-bond acceptors (Lipinski definition) is 4. The van der Waals surface area contributed by atoms with Crippen molar-refractivity contribution in [3.8, 4) is 0 Å². The lowest BCUT2D eigenvalue weighted by Gasteiger charge is -2.26. The fourth-order valence-corrected chi connectivity index (χ4v) is 2.37. The molecule has 2 aromatic carbocycles. The summed E-state index contributed by atoms with van der Waals surface area (Å²) in [6, 6.07) is 14.2. The minimum atomic E-state index is 0.246. The molecular formula is C17H15NO3S. The first-order valence-electron chi connectivity index (χ1n) is 6.77. The molecule has 0 spiro atoms. The highest BCUT2D eigenvalue weighted by molar-refractivity contribution is 7.80. The molecule has 4 nitrogen and oxygen atoms in total. The van der Waals surface area contributed by atoms with Gasteiger partial charge < -0.3 is 4.74 Å². The molecule has 2 rings (SSSR count). The second kappa shape index (κ2) is 7.47. The Morgan fingerprint density at radius 3 is 2.45 bits per heavy atom. The van der Waals surface area contributed by atoms with E-state index in [0.29, 0.717) is 36.0 Å². The SMILES string of the molecule is CCOC(=S)N(c1ccccc1)c1ccc(C=O)cc1C=O. The number of carbonyl (C=O) groups is 2. The molecule has 0 heterocycles. The summed E-state index contributed by atoms with van der Waals surface area (Å²) in [5, 5.41) is 0.246. The van der Waals surface area contributed by atoms with Crippen LogP contribution in [0.3, 0.4) is 0 Å². The molecule has 0 N–H and O–H groups in total.